The highest BCUT2D eigenvalue weighted by atomic mass is 35.5. The van der Waals surface area contributed by atoms with E-state index in [1.807, 2.05) is 32.9 Å². The number of benzene rings is 2. The molecular formula is C24H23ClF3NO2. The normalized spacial score (nSPS) is 14.2. The maximum absolute atomic E-state index is 12.3. The first-order valence-corrected chi connectivity index (χ1v) is 10.0. The highest BCUT2D eigenvalue weighted by Gasteiger charge is 2.44. The van der Waals surface area contributed by atoms with E-state index >= 15 is 0 Å². The predicted molar refractivity (Wildman–Crippen MR) is 115 cm³/mol. The third-order valence-electron chi connectivity index (χ3n) is 5.11. The predicted octanol–water partition coefficient (Wildman–Crippen LogP) is 6.63. The fourth-order valence-electron chi connectivity index (χ4n) is 3.47. The lowest BCUT2D eigenvalue weighted by atomic mass is 9.68. The molecule has 0 aliphatic heterocycles. The van der Waals surface area contributed by atoms with Crippen LogP contribution in [0.3, 0.4) is 0 Å². The van der Waals surface area contributed by atoms with Crippen molar-refractivity contribution in [2.24, 2.45) is 5.41 Å². The molecule has 7 heteroatoms. The van der Waals surface area contributed by atoms with Gasteiger partial charge >= 0.3 is 6.18 Å². The van der Waals surface area contributed by atoms with Gasteiger partial charge in [-0.3, -0.25) is 4.98 Å². The summed E-state index contributed by atoms with van der Waals surface area (Å²) in [4.78, 5) is 4.14. The van der Waals surface area contributed by atoms with E-state index < -0.39 is 23.8 Å². The van der Waals surface area contributed by atoms with Gasteiger partial charge in [-0.25, -0.2) is 0 Å². The van der Waals surface area contributed by atoms with Gasteiger partial charge in [0.15, 0.2) is 6.61 Å². The quantitative estimate of drug-likeness (QED) is 0.475. The average Bonchev–Trinajstić information content (AvgIpc) is 2.71. The van der Waals surface area contributed by atoms with Crippen LogP contribution in [0, 0.1) is 5.41 Å². The molecule has 3 aromatic rings. The molecule has 1 atom stereocenters. The first-order valence-electron chi connectivity index (χ1n) is 9.65. The van der Waals surface area contributed by atoms with E-state index in [1.165, 1.54) is 12.1 Å². The van der Waals surface area contributed by atoms with Gasteiger partial charge in [0, 0.05) is 28.5 Å². The van der Waals surface area contributed by atoms with Gasteiger partial charge in [-0.05, 0) is 40.8 Å². The maximum Gasteiger partial charge on any atom is 0.422 e. The van der Waals surface area contributed by atoms with Crippen LogP contribution in [-0.2, 0) is 5.60 Å². The van der Waals surface area contributed by atoms with Crippen LogP contribution >= 0.6 is 11.6 Å². The molecule has 0 aliphatic carbocycles. The fourth-order valence-corrected chi connectivity index (χ4v) is 3.78. The second kappa shape index (κ2) is 8.52. The monoisotopic (exact) mass is 449 g/mol. The van der Waals surface area contributed by atoms with Gasteiger partial charge < -0.3 is 9.84 Å². The molecular weight excluding hydrogens is 427 g/mol. The molecule has 1 heterocycles. The molecule has 0 saturated carbocycles. The number of aromatic nitrogens is 1. The molecule has 0 bridgehead atoms. The van der Waals surface area contributed by atoms with E-state index in [4.69, 9.17) is 16.3 Å². The summed E-state index contributed by atoms with van der Waals surface area (Å²) >= 11 is 6.62. The van der Waals surface area contributed by atoms with Crippen molar-refractivity contribution in [1.82, 2.24) is 4.98 Å². The van der Waals surface area contributed by atoms with Gasteiger partial charge in [-0.2, -0.15) is 13.2 Å². The van der Waals surface area contributed by atoms with Crippen LogP contribution in [-0.4, -0.2) is 22.9 Å². The van der Waals surface area contributed by atoms with Crippen molar-refractivity contribution in [3.05, 3.63) is 83.1 Å². The zero-order valence-corrected chi connectivity index (χ0v) is 18.1. The van der Waals surface area contributed by atoms with E-state index in [9.17, 15) is 18.3 Å². The number of ether oxygens (including phenoxy) is 1. The number of hydrogen-bond donors (Lipinski definition) is 1. The third-order valence-corrected chi connectivity index (χ3v) is 5.43. The lowest BCUT2D eigenvalue weighted by Crippen LogP contribution is -2.41. The van der Waals surface area contributed by atoms with Crippen molar-refractivity contribution in [3.63, 3.8) is 0 Å². The Kier molecular flexibility index (Phi) is 6.35. The summed E-state index contributed by atoms with van der Waals surface area (Å²) < 4.78 is 41.7. The van der Waals surface area contributed by atoms with Crippen LogP contribution in [0.4, 0.5) is 13.2 Å². The van der Waals surface area contributed by atoms with Gasteiger partial charge in [0.25, 0.3) is 0 Å². The van der Waals surface area contributed by atoms with Gasteiger partial charge in [-0.15, -0.1) is 0 Å². The Hall–Kier alpha value is -2.57. The van der Waals surface area contributed by atoms with Crippen molar-refractivity contribution in [2.45, 2.75) is 32.5 Å². The zero-order chi connectivity index (χ0) is 22.9. The minimum atomic E-state index is -4.39. The fraction of sp³-hybridized carbons (Fsp3) is 0.292. The van der Waals surface area contributed by atoms with E-state index in [2.05, 4.69) is 4.98 Å². The van der Waals surface area contributed by atoms with E-state index in [0.29, 0.717) is 16.1 Å². The minimum Gasteiger partial charge on any atom is -0.484 e. The summed E-state index contributed by atoms with van der Waals surface area (Å²) in [5.41, 5.74) is 0.726. The number of hydrogen-bond acceptors (Lipinski definition) is 3. The highest BCUT2D eigenvalue weighted by Crippen LogP contribution is 2.47. The summed E-state index contributed by atoms with van der Waals surface area (Å²) in [7, 11) is 0. The Morgan fingerprint density at radius 2 is 1.61 bits per heavy atom. The summed E-state index contributed by atoms with van der Waals surface area (Å²) in [6.45, 7) is 4.42. The topological polar surface area (TPSA) is 42.4 Å². The van der Waals surface area contributed by atoms with Crippen LogP contribution in [0.1, 0.15) is 31.9 Å². The van der Waals surface area contributed by atoms with Crippen LogP contribution in [0.15, 0.2) is 67.0 Å². The standard InChI is InChI=1S/C24H23ClF3NO2/c1-22(2,3)24(30,18-5-4-12-29-14-18)20-11-8-17(13-21(20)25)16-6-9-19(10-7-16)31-15-23(26,27)28/h4-14,30H,15H2,1-3H3. The van der Waals surface area contributed by atoms with Crippen molar-refractivity contribution in [1.29, 1.82) is 0 Å². The number of rotatable bonds is 5. The summed E-state index contributed by atoms with van der Waals surface area (Å²) in [6, 6.07) is 15.2. The van der Waals surface area contributed by atoms with Gasteiger partial charge in [0.05, 0.1) is 0 Å². The Morgan fingerprint density at radius 1 is 0.968 bits per heavy atom. The Morgan fingerprint density at radius 3 is 2.13 bits per heavy atom. The highest BCUT2D eigenvalue weighted by molar-refractivity contribution is 6.31. The lowest BCUT2D eigenvalue weighted by molar-refractivity contribution is -0.153. The second-order valence-corrected chi connectivity index (χ2v) is 8.73. The van der Waals surface area contributed by atoms with Gasteiger partial charge in [0.2, 0.25) is 0 Å². The molecule has 1 aromatic heterocycles. The summed E-state index contributed by atoms with van der Waals surface area (Å²) in [5.74, 6) is 0.127. The Balaban J connectivity index is 1.94. The van der Waals surface area contributed by atoms with Crippen LogP contribution in [0.5, 0.6) is 5.75 Å². The molecule has 0 amide bonds. The molecule has 0 fully saturated rings. The molecule has 31 heavy (non-hydrogen) atoms. The molecule has 0 spiro atoms. The zero-order valence-electron chi connectivity index (χ0n) is 17.4. The largest absolute Gasteiger partial charge is 0.484 e. The minimum absolute atomic E-state index is 0.127. The Bertz CT molecular complexity index is 1030. The van der Waals surface area contributed by atoms with Crippen molar-refractivity contribution in [2.75, 3.05) is 6.61 Å². The first kappa shape index (κ1) is 23.1. The molecule has 164 valence electrons. The number of alkyl halides is 3. The molecule has 2 aromatic carbocycles. The maximum atomic E-state index is 12.3. The number of halogens is 4. The van der Waals surface area contributed by atoms with E-state index in [1.54, 1.807) is 42.7 Å². The number of aliphatic hydroxyl groups is 1. The third kappa shape index (κ3) is 5.02. The second-order valence-electron chi connectivity index (χ2n) is 8.32. The molecule has 0 radical (unpaired) electrons. The van der Waals surface area contributed by atoms with Crippen LogP contribution in [0.25, 0.3) is 11.1 Å². The molecule has 0 saturated heterocycles. The molecule has 1 N–H and O–H groups in total. The molecule has 3 rings (SSSR count). The number of nitrogens with zero attached hydrogens (tertiary/aromatic N) is 1. The first-order chi connectivity index (χ1) is 14.4. The smallest absolute Gasteiger partial charge is 0.422 e. The van der Waals surface area contributed by atoms with Crippen LogP contribution < -0.4 is 4.74 Å². The van der Waals surface area contributed by atoms with Gasteiger partial charge in [-0.1, -0.05) is 62.7 Å². The van der Waals surface area contributed by atoms with Gasteiger partial charge in [0.1, 0.15) is 11.4 Å². The average molecular weight is 450 g/mol. The van der Waals surface area contributed by atoms with Crippen molar-refractivity contribution < 1.29 is 23.0 Å². The van der Waals surface area contributed by atoms with E-state index in [-0.39, 0.29) is 5.75 Å². The molecule has 1 unspecified atom stereocenters. The lowest BCUT2D eigenvalue weighted by Gasteiger charge is -2.41. The number of pyridine rings is 1. The Labute approximate surface area is 184 Å². The van der Waals surface area contributed by atoms with Crippen molar-refractivity contribution >= 4 is 11.6 Å². The van der Waals surface area contributed by atoms with Crippen molar-refractivity contribution in [3.8, 4) is 16.9 Å². The SMILES string of the molecule is CC(C)(C)C(O)(c1cccnc1)c1ccc(-c2ccc(OCC(F)(F)F)cc2)cc1Cl. The van der Waals surface area contributed by atoms with E-state index in [0.717, 1.165) is 11.1 Å². The molecule has 0 aliphatic rings. The molecule has 3 nitrogen and oxygen atoms in total. The summed E-state index contributed by atoms with van der Waals surface area (Å²) in [6.07, 6.45) is -1.13. The summed E-state index contributed by atoms with van der Waals surface area (Å²) in [5, 5.41) is 12.1. The van der Waals surface area contributed by atoms with Crippen LogP contribution in [0.2, 0.25) is 5.02 Å².